The van der Waals surface area contributed by atoms with Crippen LogP contribution in [-0.4, -0.2) is 40.1 Å². The standard InChI is InChI=1S/C15H14ClF3N4O/c16-14-2-1-11-12(23-14)5-9(8-22-11)10(6-20)7-21-4-3-13(24)15(17,18)19/h1-2,5-8,13,20-21,24H,3-4H2/b10-7+,20-6?. The number of aliphatic hydroxyl groups is 1. The largest absolute Gasteiger partial charge is 0.414 e. The molecular weight excluding hydrogens is 345 g/mol. The van der Waals surface area contributed by atoms with Crippen LogP contribution in [0.15, 0.2) is 30.6 Å². The van der Waals surface area contributed by atoms with Crippen molar-refractivity contribution in [3.63, 3.8) is 0 Å². The first kappa shape index (κ1) is 18.2. The lowest BCUT2D eigenvalue weighted by molar-refractivity contribution is -0.204. The molecule has 0 saturated heterocycles. The third kappa shape index (κ3) is 4.65. The van der Waals surface area contributed by atoms with E-state index in [1.807, 2.05) is 0 Å². The summed E-state index contributed by atoms with van der Waals surface area (Å²) in [6.45, 7) is -0.0941. The lowest BCUT2D eigenvalue weighted by Gasteiger charge is -2.14. The summed E-state index contributed by atoms with van der Waals surface area (Å²) in [5.74, 6) is 0. The van der Waals surface area contributed by atoms with Gasteiger partial charge in [-0.2, -0.15) is 13.2 Å². The van der Waals surface area contributed by atoms with E-state index in [1.54, 1.807) is 18.2 Å². The SMILES string of the molecule is N=C/C(=C\NCCC(O)C(F)(F)F)c1cnc2ccc(Cl)nc2c1. The van der Waals surface area contributed by atoms with E-state index in [2.05, 4.69) is 15.3 Å². The van der Waals surface area contributed by atoms with Gasteiger partial charge in [0.15, 0.2) is 6.10 Å². The van der Waals surface area contributed by atoms with Crippen LogP contribution in [0.1, 0.15) is 12.0 Å². The van der Waals surface area contributed by atoms with Gasteiger partial charge in [0.25, 0.3) is 0 Å². The van der Waals surface area contributed by atoms with Gasteiger partial charge in [-0.15, -0.1) is 0 Å². The maximum atomic E-state index is 12.2. The summed E-state index contributed by atoms with van der Waals surface area (Å²) in [6.07, 6.45) is -3.54. The molecule has 0 fully saturated rings. The zero-order valence-corrected chi connectivity index (χ0v) is 13.1. The van der Waals surface area contributed by atoms with Gasteiger partial charge in [-0.1, -0.05) is 11.6 Å². The summed E-state index contributed by atoms with van der Waals surface area (Å²) in [6, 6.07) is 4.99. The second-order valence-corrected chi connectivity index (χ2v) is 5.33. The van der Waals surface area contributed by atoms with Gasteiger partial charge in [0.1, 0.15) is 5.15 Å². The van der Waals surface area contributed by atoms with Crippen molar-refractivity contribution >= 4 is 34.4 Å². The Morgan fingerprint density at radius 3 is 2.79 bits per heavy atom. The fourth-order valence-corrected chi connectivity index (χ4v) is 2.07. The highest BCUT2D eigenvalue weighted by atomic mass is 35.5. The zero-order valence-electron chi connectivity index (χ0n) is 12.3. The summed E-state index contributed by atoms with van der Waals surface area (Å²) in [4.78, 5) is 8.32. The molecule has 128 valence electrons. The number of nitrogens with one attached hydrogen (secondary N) is 2. The molecule has 2 aromatic rings. The molecule has 1 atom stereocenters. The summed E-state index contributed by atoms with van der Waals surface area (Å²) in [5, 5.41) is 19.3. The lowest BCUT2D eigenvalue weighted by atomic mass is 10.1. The first-order valence-corrected chi connectivity index (χ1v) is 7.30. The number of aliphatic hydroxyl groups excluding tert-OH is 1. The molecular formula is C15H14ClF3N4O. The molecule has 0 amide bonds. The van der Waals surface area contributed by atoms with Crippen molar-refractivity contribution in [3.05, 3.63) is 41.3 Å². The van der Waals surface area contributed by atoms with E-state index in [0.717, 1.165) is 6.21 Å². The molecule has 0 aromatic carbocycles. The van der Waals surface area contributed by atoms with Gasteiger partial charge in [-0.05, 0) is 24.6 Å². The Labute approximate surface area is 140 Å². The van der Waals surface area contributed by atoms with Crippen molar-refractivity contribution in [1.82, 2.24) is 15.3 Å². The maximum absolute atomic E-state index is 12.2. The van der Waals surface area contributed by atoms with Gasteiger partial charge < -0.3 is 15.8 Å². The number of aromatic nitrogens is 2. The topological polar surface area (TPSA) is 81.9 Å². The second-order valence-electron chi connectivity index (χ2n) is 4.94. The Hall–Kier alpha value is -2.19. The average Bonchev–Trinajstić information content (AvgIpc) is 2.53. The Morgan fingerprint density at radius 2 is 2.12 bits per heavy atom. The number of hydrogen-bond acceptors (Lipinski definition) is 5. The molecule has 1 unspecified atom stereocenters. The molecule has 2 rings (SSSR count). The average molecular weight is 359 g/mol. The van der Waals surface area contributed by atoms with Gasteiger partial charge in [0.2, 0.25) is 0 Å². The minimum absolute atomic E-state index is 0.0941. The van der Waals surface area contributed by atoms with E-state index in [9.17, 15) is 13.2 Å². The van der Waals surface area contributed by atoms with Gasteiger partial charge in [-0.25, -0.2) is 4.98 Å². The number of allylic oxidation sites excluding steroid dienone is 1. The van der Waals surface area contributed by atoms with Crippen LogP contribution in [0.2, 0.25) is 5.15 Å². The Balaban J connectivity index is 2.09. The van der Waals surface area contributed by atoms with Crippen molar-refractivity contribution in [2.75, 3.05) is 6.54 Å². The molecule has 0 aliphatic heterocycles. The van der Waals surface area contributed by atoms with Crippen LogP contribution in [-0.2, 0) is 0 Å². The highest BCUT2D eigenvalue weighted by Gasteiger charge is 2.37. The van der Waals surface area contributed by atoms with E-state index in [4.69, 9.17) is 22.1 Å². The Kier molecular flexibility index (Phi) is 5.74. The van der Waals surface area contributed by atoms with Crippen molar-refractivity contribution < 1.29 is 18.3 Å². The molecule has 24 heavy (non-hydrogen) atoms. The molecule has 5 nitrogen and oxygen atoms in total. The highest BCUT2D eigenvalue weighted by molar-refractivity contribution is 6.29. The molecule has 0 aliphatic carbocycles. The Morgan fingerprint density at radius 1 is 1.38 bits per heavy atom. The number of nitrogens with zero attached hydrogens (tertiary/aromatic N) is 2. The van der Waals surface area contributed by atoms with Crippen molar-refractivity contribution in [2.45, 2.75) is 18.7 Å². The summed E-state index contributed by atoms with van der Waals surface area (Å²) in [7, 11) is 0. The van der Waals surface area contributed by atoms with E-state index < -0.39 is 18.7 Å². The second kappa shape index (κ2) is 7.59. The number of rotatable bonds is 6. The normalized spacial score (nSPS) is 13.8. The lowest BCUT2D eigenvalue weighted by Crippen LogP contribution is -2.31. The number of hydrogen-bond donors (Lipinski definition) is 3. The van der Waals surface area contributed by atoms with E-state index in [1.165, 1.54) is 12.4 Å². The maximum Gasteiger partial charge on any atom is 0.414 e. The van der Waals surface area contributed by atoms with Crippen molar-refractivity contribution in [2.24, 2.45) is 0 Å². The smallest absolute Gasteiger partial charge is 0.390 e. The van der Waals surface area contributed by atoms with Crippen LogP contribution in [0.3, 0.4) is 0 Å². The van der Waals surface area contributed by atoms with Crippen LogP contribution in [0.5, 0.6) is 0 Å². The van der Waals surface area contributed by atoms with E-state index in [0.29, 0.717) is 27.3 Å². The fourth-order valence-electron chi connectivity index (χ4n) is 1.91. The van der Waals surface area contributed by atoms with Crippen LogP contribution in [0, 0.1) is 5.41 Å². The van der Waals surface area contributed by atoms with Crippen LogP contribution >= 0.6 is 11.6 Å². The first-order chi connectivity index (χ1) is 11.3. The zero-order chi connectivity index (χ0) is 17.7. The van der Waals surface area contributed by atoms with Crippen LogP contribution in [0.4, 0.5) is 13.2 Å². The monoisotopic (exact) mass is 358 g/mol. The predicted molar refractivity (Wildman–Crippen MR) is 86.0 cm³/mol. The first-order valence-electron chi connectivity index (χ1n) is 6.93. The van der Waals surface area contributed by atoms with Gasteiger partial charge >= 0.3 is 6.18 Å². The molecule has 0 aliphatic rings. The molecule has 3 N–H and O–H groups in total. The molecule has 0 spiro atoms. The molecule has 0 saturated carbocycles. The minimum Gasteiger partial charge on any atom is -0.390 e. The van der Waals surface area contributed by atoms with Gasteiger partial charge in [-0.3, -0.25) is 4.98 Å². The quantitative estimate of drug-likeness (QED) is 0.421. The predicted octanol–water partition coefficient (Wildman–Crippen LogP) is 3.18. The van der Waals surface area contributed by atoms with Crippen molar-refractivity contribution in [3.8, 4) is 0 Å². The summed E-state index contributed by atoms with van der Waals surface area (Å²) < 4.78 is 36.6. The Bertz CT molecular complexity index is 764. The number of fused-ring (bicyclic) bond motifs is 1. The number of pyridine rings is 2. The van der Waals surface area contributed by atoms with E-state index >= 15 is 0 Å². The molecule has 2 heterocycles. The minimum atomic E-state index is -4.64. The molecule has 0 radical (unpaired) electrons. The summed E-state index contributed by atoms with van der Waals surface area (Å²) in [5.41, 5.74) is 2.15. The van der Waals surface area contributed by atoms with Crippen molar-refractivity contribution in [1.29, 1.82) is 5.41 Å². The third-order valence-electron chi connectivity index (χ3n) is 3.19. The molecule has 9 heteroatoms. The fraction of sp³-hybridized carbons (Fsp3) is 0.267. The van der Waals surface area contributed by atoms with Crippen LogP contribution in [0.25, 0.3) is 16.6 Å². The molecule has 0 bridgehead atoms. The summed E-state index contributed by atoms with van der Waals surface area (Å²) >= 11 is 5.83. The molecule has 2 aromatic heterocycles. The van der Waals surface area contributed by atoms with Crippen LogP contribution < -0.4 is 5.32 Å². The number of halogens is 4. The number of alkyl halides is 3. The van der Waals surface area contributed by atoms with E-state index in [-0.39, 0.29) is 6.54 Å². The third-order valence-corrected chi connectivity index (χ3v) is 3.40. The highest BCUT2D eigenvalue weighted by Crippen LogP contribution is 2.22. The van der Waals surface area contributed by atoms with Gasteiger partial charge in [0, 0.05) is 36.3 Å². The van der Waals surface area contributed by atoms with Gasteiger partial charge in [0.05, 0.1) is 11.0 Å².